The van der Waals surface area contributed by atoms with E-state index < -0.39 is 6.10 Å². The summed E-state index contributed by atoms with van der Waals surface area (Å²) in [6.07, 6.45) is 7.34. The fourth-order valence-corrected chi connectivity index (χ4v) is 6.55. The van der Waals surface area contributed by atoms with Crippen LogP contribution in [0.2, 0.25) is 5.02 Å². The molecule has 1 aromatic carbocycles. The summed E-state index contributed by atoms with van der Waals surface area (Å²) >= 11 is 6.23. The zero-order valence-electron chi connectivity index (χ0n) is 20.6. The Morgan fingerprint density at radius 3 is 2.60 bits per heavy atom. The average molecular weight is 499 g/mol. The minimum Gasteiger partial charge on any atom is -0.392 e. The third-order valence-electron chi connectivity index (χ3n) is 8.49. The summed E-state index contributed by atoms with van der Waals surface area (Å²) in [6, 6.07) is 7.41. The molecule has 4 rings (SSSR count). The van der Waals surface area contributed by atoms with Gasteiger partial charge in [0.1, 0.15) is 6.33 Å². The van der Waals surface area contributed by atoms with Crippen molar-refractivity contribution in [2.45, 2.75) is 65.1 Å². The van der Waals surface area contributed by atoms with E-state index in [2.05, 4.69) is 34.4 Å². The SMILES string of the molecule is C[C@@H]1[C@@H]2[C@@H](O)[C@H]([C@H](C)C(=O)NCc3ccccc3Cl)CC[C@]2(C)CC[C@@H]1NC(=O)c1cncnc1. The van der Waals surface area contributed by atoms with Crippen LogP contribution in [-0.2, 0) is 11.3 Å². The second kappa shape index (κ2) is 10.6. The van der Waals surface area contributed by atoms with Gasteiger partial charge in [0.2, 0.25) is 5.91 Å². The topological polar surface area (TPSA) is 104 Å². The number of nitrogens with zero attached hydrogens (tertiary/aromatic N) is 2. The predicted molar refractivity (Wildman–Crippen MR) is 134 cm³/mol. The molecule has 0 saturated heterocycles. The summed E-state index contributed by atoms with van der Waals surface area (Å²) in [5.41, 5.74) is 1.29. The normalized spacial score (nSPS) is 31.2. The number of amides is 2. The van der Waals surface area contributed by atoms with Crippen LogP contribution in [0.1, 0.15) is 62.4 Å². The second-order valence-electron chi connectivity index (χ2n) is 10.6. The maximum absolute atomic E-state index is 13.0. The number of halogens is 1. The zero-order valence-corrected chi connectivity index (χ0v) is 21.3. The first-order valence-electron chi connectivity index (χ1n) is 12.5. The summed E-state index contributed by atoms with van der Waals surface area (Å²) < 4.78 is 0. The maximum Gasteiger partial charge on any atom is 0.254 e. The van der Waals surface area contributed by atoms with Crippen LogP contribution in [0.5, 0.6) is 0 Å². The van der Waals surface area contributed by atoms with Gasteiger partial charge < -0.3 is 15.7 Å². The van der Waals surface area contributed by atoms with Gasteiger partial charge in [0.15, 0.2) is 0 Å². The van der Waals surface area contributed by atoms with E-state index >= 15 is 0 Å². The quantitative estimate of drug-likeness (QED) is 0.558. The molecule has 2 aliphatic rings. The van der Waals surface area contributed by atoms with Gasteiger partial charge in [0.05, 0.1) is 11.7 Å². The van der Waals surface area contributed by atoms with Gasteiger partial charge in [0.25, 0.3) is 5.91 Å². The van der Waals surface area contributed by atoms with Crippen molar-refractivity contribution < 1.29 is 14.7 Å². The van der Waals surface area contributed by atoms with Gasteiger partial charge >= 0.3 is 0 Å². The van der Waals surface area contributed by atoms with Crippen molar-refractivity contribution in [2.24, 2.45) is 29.1 Å². The molecular weight excluding hydrogens is 464 g/mol. The first-order valence-corrected chi connectivity index (χ1v) is 12.8. The van der Waals surface area contributed by atoms with Gasteiger partial charge in [-0.15, -0.1) is 0 Å². The number of fused-ring (bicyclic) bond motifs is 1. The Morgan fingerprint density at radius 1 is 1.20 bits per heavy atom. The smallest absolute Gasteiger partial charge is 0.254 e. The summed E-state index contributed by atoms with van der Waals surface area (Å²) in [4.78, 5) is 33.6. The van der Waals surface area contributed by atoms with E-state index in [9.17, 15) is 14.7 Å². The maximum atomic E-state index is 13.0. The van der Waals surface area contributed by atoms with Crippen LogP contribution in [0.3, 0.4) is 0 Å². The lowest BCUT2D eigenvalue weighted by atomic mass is 9.51. The van der Waals surface area contributed by atoms with Crippen molar-refractivity contribution in [3.63, 3.8) is 0 Å². The molecule has 2 fully saturated rings. The van der Waals surface area contributed by atoms with Gasteiger partial charge in [-0.3, -0.25) is 9.59 Å². The lowest BCUT2D eigenvalue weighted by Crippen LogP contribution is -2.58. The van der Waals surface area contributed by atoms with Gasteiger partial charge in [-0.25, -0.2) is 9.97 Å². The molecule has 3 N–H and O–H groups in total. The number of rotatable bonds is 6. The number of hydrogen-bond acceptors (Lipinski definition) is 5. The van der Waals surface area contributed by atoms with Gasteiger partial charge in [-0.1, -0.05) is 50.6 Å². The van der Waals surface area contributed by atoms with Crippen molar-refractivity contribution in [3.8, 4) is 0 Å². The molecule has 1 aromatic heterocycles. The first-order chi connectivity index (χ1) is 16.7. The van der Waals surface area contributed by atoms with E-state index in [-0.39, 0.29) is 46.9 Å². The Balaban J connectivity index is 1.43. The molecule has 35 heavy (non-hydrogen) atoms. The van der Waals surface area contributed by atoms with E-state index in [0.29, 0.717) is 17.1 Å². The molecule has 7 atom stereocenters. The van der Waals surface area contributed by atoms with Gasteiger partial charge in [-0.2, -0.15) is 0 Å². The number of benzene rings is 1. The number of carbonyl (C=O) groups is 2. The fourth-order valence-electron chi connectivity index (χ4n) is 6.35. The highest BCUT2D eigenvalue weighted by Crippen LogP contribution is 2.55. The summed E-state index contributed by atoms with van der Waals surface area (Å²) in [7, 11) is 0. The third-order valence-corrected chi connectivity index (χ3v) is 8.86. The predicted octanol–water partition coefficient (Wildman–Crippen LogP) is 4.00. The highest BCUT2D eigenvalue weighted by molar-refractivity contribution is 6.31. The summed E-state index contributed by atoms with van der Waals surface area (Å²) in [5, 5.41) is 18.4. The molecule has 2 aromatic rings. The molecule has 1 heterocycles. The Labute approximate surface area is 212 Å². The second-order valence-corrected chi connectivity index (χ2v) is 11.0. The highest BCUT2D eigenvalue weighted by Gasteiger charge is 2.53. The van der Waals surface area contributed by atoms with Crippen LogP contribution in [-0.4, -0.2) is 39.0 Å². The van der Waals surface area contributed by atoms with Crippen LogP contribution in [0, 0.1) is 29.1 Å². The van der Waals surface area contributed by atoms with Crippen molar-refractivity contribution in [3.05, 3.63) is 59.1 Å². The minimum absolute atomic E-state index is 0.00820. The molecule has 2 aliphatic carbocycles. The number of aromatic nitrogens is 2. The molecule has 2 amide bonds. The highest BCUT2D eigenvalue weighted by atomic mass is 35.5. The van der Waals surface area contributed by atoms with E-state index in [1.54, 1.807) is 0 Å². The largest absolute Gasteiger partial charge is 0.392 e. The third kappa shape index (κ3) is 5.36. The molecule has 2 saturated carbocycles. The van der Waals surface area contributed by atoms with Crippen LogP contribution in [0.25, 0.3) is 0 Å². The molecule has 7 nitrogen and oxygen atoms in total. The molecular formula is C27H35ClN4O3. The van der Waals surface area contributed by atoms with Crippen molar-refractivity contribution >= 4 is 23.4 Å². The van der Waals surface area contributed by atoms with E-state index in [1.807, 2.05) is 31.2 Å². The van der Waals surface area contributed by atoms with E-state index in [0.717, 1.165) is 31.2 Å². The van der Waals surface area contributed by atoms with E-state index in [4.69, 9.17) is 11.6 Å². The summed E-state index contributed by atoms with van der Waals surface area (Å²) in [6.45, 7) is 6.63. The fraction of sp³-hybridized carbons (Fsp3) is 0.556. The van der Waals surface area contributed by atoms with Gasteiger partial charge in [-0.05, 0) is 60.5 Å². The molecule has 0 aliphatic heterocycles. The van der Waals surface area contributed by atoms with E-state index in [1.165, 1.54) is 18.7 Å². The Kier molecular flexibility index (Phi) is 7.77. The minimum atomic E-state index is -0.621. The van der Waals surface area contributed by atoms with Crippen molar-refractivity contribution in [2.75, 3.05) is 0 Å². The lowest BCUT2D eigenvalue weighted by molar-refractivity contribution is -0.142. The number of aliphatic hydroxyl groups excluding tert-OH is 1. The monoisotopic (exact) mass is 498 g/mol. The van der Waals surface area contributed by atoms with Gasteiger partial charge in [0, 0.05) is 35.9 Å². The number of hydrogen-bond donors (Lipinski definition) is 3. The first kappa shape index (κ1) is 25.6. The van der Waals surface area contributed by atoms with Crippen LogP contribution < -0.4 is 10.6 Å². The molecule has 0 spiro atoms. The molecule has 0 radical (unpaired) electrons. The van der Waals surface area contributed by atoms with Crippen molar-refractivity contribution in [1.82, 2.24) is 20.6 Å². The number of carbonyl (C=O) groups excluding carboxylic acids is 2. The lowest BCUT2D eigenvalue weighted by Gasteiger charge is -2.56. The zero-order chi connectivity index (χ0) is 25.2. The van der Waals surface area contributed by atoms with Crippen LogP contribution in [0.15, 0.2) is 43.0 Å². The standard InChI is InChI=1S/C27H35ClN4O3/c1-16(25(34)31-14-18-6-4-5-7-21(18)28)20-8-10-27(3)11-9-22(17(2)23(27)24(20)33)32-26(35)19-12-29-15-30-13-19/h4-7,12-13,15-17,20,22-24,33H,8-11,14H2,1-3H3,(H,31,34)(H,32,35)/t16-,17-,20-,22-,23+,24-,27+/m0/s1. The molecule has 0 bridgehead atoms. The molecule has 8 heteroatoms. The Bertz CT molecular complexity index is 1050. The number of aliphatic hydroxyl groups is 1. The van der Waals surface area contributed by atoms with Crippen LogP contribution >= 0.6 is 11.6 Å². The molecule has 188 valence electrons. The Morgan fingerprint density at radius 2 is 1.89 bits per heavy atom. The average Bonchev–Trinajstić information content (AvgIpc) is 2.85. The van der Waals surface area contributed by atoms with Crippen LogP contribution in [0.4, 0.5) is 0 Å². The summed E-state index contributed by atoms with van der Waals surface area (Å²) in [5.74, 6) is -0.681. The number of nitrogens with one attached hydrogen (secondary N) is 2. The molecule has 0 unspecified atom stereocenters. The van der Waals surface area contributed by atoms with Crippen molar-refractivity contribution in [1.29, 1.82) is 0 Å². The Hall–Kier alpha value is -2.51.